The predicted molar refractivity (Wildman–Crippen MR) is 39.9 cm³/mol. The lowest BCUT2D eigenvalue weighted by Gasteiger charge is -2.09. The fourth-order valence-corrected chi connectivity index (χ4v) is 2.38. The van der Waals surface area contributed by atoms with Crippen LogP contribution in [0.2, 0.25) is 0 Å². The Morgan fingerprint density at radius 3 is 2.10 bits per heavy atom. The molecule has 0 amide bonds. The molecule has 1 aliphatic carbocycles. The van der Waals surface area contributed by atoms with Gasteiger partial charge in [0, 0.05) is 19.1 Å². The maximum Gasteiger partial charge on any atom is 0.0160 e. The first-order valence-corrected chi connectivity index (χ1v) is 4.01. The van der Waals surface area contributed by atoms with E-state index in [1.165, 1.54) is 12.8 Å². The summed E-state index contributed by atoms with van der Waals surface area (Å²) < 4.78 is 0. The molecule has 0 spiro atoms. The molecule has 2 rings (SSSR count). The Balaban J connectivity index is 2.00. The van der Waals surface area contributed by atoms with Crippen molar-refractivity contribution in [2.75, 3.05) is 13.1 Å². The van der Waals surface area contributed by atoms with Crippen molar-refractivity contribution < 1.29 is 0 Å². The van der Waals surface area contributed by atoms with Crippen molar-refractivity contribution in [1.82, 2.24) is 5.01 Å². The summed E-state index contributed by atoms with van der Waals surface area (Å²) >= 11 is 0. The number of fused-ring (bicyclic) bond motifs is 1. The molecule has 1 aliphatic heterocycles. The summed E-state index contributed by atoms with van der Waals surface area (Å²) in [6.45, 7) is 2.14. The van der Waals surface area contributed by atoms with Crippen molar-refractivity contribution in [1.29, 1.82) is 0 Å². The first-order valence-electron chi connectivity index (χ1n) is 4.01. The fraction of sp³-hybridized carbons (Fsp3) is 1.00. The summed E-state index contributed by atoms with van der Waals surface area (Å²) in [4.78, 5) is 0. The van der Waals surface area contributed by atoms with Gasteiger partial charge in [0.15, 0.2) is 0 Å². The number of hydrazine groups is 1. The quantitative estimate of drug-likeness (QED) is 0.448. The van der Waals surface area contributed by atoms with Crippen LogP contribution < -0.4 is 11.6 Å². The van der Waals surface area contributed by atoms with Crippen molar-refractivity contribution in [2.45, 2.75) is 18.9 Å². The molecule has 1 saturated carbocycles. The Morgan fingerprint density at radius 2 is 1.60 bits per heavy atom. The van der Waals surface area contributed by atoms with Gasteiger partial charge in [-0.2, -0.15) is 0 Å². The van der Waals surface area contributed by atoms with Crippen LogP contribution in [0.1, 0.15) is 12.8 Å². The molecular weight excluding hydrogens is 126 g/mol. The molecule has 1 saturated heterocycles. The highest BCUT2D eigenvalue weighted by molar-refractivity contribution is 4.92. The lowest BCUT2D eigenvalue weighted by Crippen LogP contribution is -2.30. The van der Waals surface area contributed by atoms with Gasteiger partial charge in [0.25, 0.3) is 0 Å². The van der Waals surface area contributed by atoms with Crippen LogP contribution in [-0.2, 0) is 0 Å². The molecule has 2 unspecified atom stereocenters. The van der Waals surface area contributed by atoms with Crippen LogP contribution in [0.3, 0.4) is 0 Å². The molecule has 2 aliphatic rings. The molecule has 0 bridgehead atoms. The highest BCUT2D eigenvalue weighted by Crippen LogP contribution is 2.35. The zero-order chi connectivity index (χ0) is 7.14. The molecule has 1 heterocycles. The topological polar surface area (TPSA) is 55.3 Å². The normalized spacial score (nSPS) is 48.0. The SMILES string of the molecule is NC1CC2CN(N)CC2C1. The van der Waals surface area contributed by atoms with Crippen molar-refractivity contribution >= 4 is 0 Å². The molecule has 3 nitrogen and oxygen atoms in total. The first-order chi connectivity index (χ1) is 4.75. The summed E-state index contributed by atoms with van der Waals surface area (Å²) in [6.07, 6.45) is 2.39. The second-order valence-electron chi connectivity index (χ2n) is 3.71. The average molecular weight is 141 g/mol. The van der Waals surface area contributed by atoms with Crippen LogP contribution in [-0.4, -0.2) is 24.1 Å². The summed E-state index contributed by atoms with van der Waals surface area (Å²) in [5.41, 5.74) is 5.81. The van der Waals surface area contributed by atoms with E-state index in [0.29, 0.717) is 6.04 Å². The van der Waals surface area contributed by atoms with E-state index in [1.54, 1.807) is 0 Å². The van der Waals surface area contributed by atoms with E-state index in [4.69, 9.17) is 11.6 Å². The van der Waals surface area contributed by atoms with E-state index < -0.39 is 0 Å². The Hall–Kier alpha value is -0.120. The molecule has 4 N–H and O–H groups in total. The monoisotopic (exact) mass is 141 g/mol. The molecule has 0 aromatic carbocycles. The maximum absolute atomic E-state index is 5.81. The molecule has 0 aromatic heterocycles. The minimum Gasteiger partial charge on any atom is -0.328 e. The summed E-state index contributed by atoms with van der Waals surface area (Å²) in [6, 6.07) is 0.462. The Morgan fingerprint density at radius 1 is 1.10 bits per heavy atom. The molecule has 3 heteroatoms. The zero-order valence-electron chi connectivity index (χ0n) is 6.16. The molecular formula is C7H15N3. The largest absolute Gasteiger partial charge is 0.328 e. The molecule has 0 aromatic rings. The molecule has 2 atom stereocenters. The van der Waals surface area contributed by atoms with Crippen LogP contribution in [0.15, 0.2) is 0 Å². The molecule has 0 radical (unpaired) electrons. The van der Waals surface area contributed by atoms with E-state index in [0.717, 1.165) is 24.9 Å². The van der Waals surface area contributed by atoms with E-state index in [-0.39, 0.29) is 0 Å². The van der Waals surface area contributed by atoms with Gasteiger partial charge in [-0.05, 0) is 24.7 Å². The highest BCUT2D eigenvalue weighted by Gasteiger charge is 2.38. The standard InChI is InChI=1S/C7H15N3/c8-7-1-5-3-10(9)4-6(5)2-7/h5-7H,1-4,8-9H2. The van der Waals surface area contributed by atoms with Crippen LogP contribution >= 0.6 is 0 Å². The van der Waals surface area contributed by atoms with Crippen LogP contribution in [0.5, 0.6) is 0 Å². The molecule has 2 fully saturated rings. The van der Waals surface area contributed by atoms with Crippen molar-refractivity contribution in [3.63, 3.8) is 0 Å². The van der Waals surface area contributed by atoms with Gasteiger partial charge < -0.3 is 5.73 Å². The minimum atomic E-state index is 0.462. The van der Waals surface area contributed by atoms with E-state index >= 15 is 0 Å². The lowest BCUT2D eigenvalue weighted by atomic mass is 10.0. The van der Waals surface area contributed by atoms with Gasteiger partial charge in [0.1, 0.15) is 0 Å². The van der Waals surface area contributed by atoms with Crippen molar-refractivity contribution in [3.8, 4) is 0 Å². The van der Waals surface area contributed by atoms with E-state index in [9.17, 15) is 0 Å². The van der Waals surface area contributed by atoms with Gasteiger partial charge in [0.2, 0.25) is 0 Å². The van der Waals surface area contributed by atoms with Gasteiger partial charge in [-0.3, -0.25) is 5.84 Å². The summed E-state index contributed by atoms with van der Waals surface area (Å²) in [7, 11) is 0. The van der Waals surface area contributed by atoms with Crippen LogP contribution in [0.4, 0.5) is 0 Å². The maximum atomic E-state index is 5.81. The summed E-state index contributed by atoms with van der Waals surface area (Å²) in [5, 5.41) is 1.93. The number of hydrogen-bond donors (Lipinski definition) is 2. The van der Waals surface area contributed by atoms with Crippen LogP contribution in [0.25, 0.3) is 0 Å². The minimum absolute atomic E-state index is 0.462. The molecule has 58 valence electrons. The summed E-state index contributed by atoms with van der Waals surface area (Å²) in [5.74, 6) is 7.27. The van der Waals surface area contributed by atoms with E-state index in [2.05, 4.69) is 0 Å². The zero-order valence-corrected chi connectivity index (χ0v) is 6.16. The Kier molecular flexibility index (Phi) is 1.44. The Bertz CT molecular complexity index is 109. The highest BCUT2D eigenvalue weighted by atomic mass is 15.4. The molecule has 10 heavy (non-hydrogen) atoms. The third-order valence-corrected chi connectivity index (χ3v) is 2.82. The van der Waals surface area contributed by atoms with E-state index in [1.807, 2.05) is 5.01 Å². The second kappa shape index (κ2) is 2.19. The van der Waals surface area contributed by atoms with Gasteiger partial charge in [0.05, 0.1) is 0 Å². The van der Waals surface area contributed by atoms with Gasteiger partial charge in [-0.1, -0.05) is 0 Å². The first kappa shape index (κ1) is 6.58. The fourth-order valence-electron chi connectivity index (χ4n) is 2.38. The number of rotatable bonds is 0. The number of nitrogens with two attached hydrogens (primary N) is 2. The predicted octanol–water partition coefficient (Wildman–Crippen LogP) is -0.471. The van der Waals surface area contributed by atoms with Gasteiger partial charge in [-0.15, -0.1) is 0 Å². The van der Waals surface area contributed by atoms with Crippen molar-refractivity contribution in [2.24, 2.45) is 23.4 Å². The number of hydrogen-bond acceptors (Lipinski definition) is 3. The second-order valence-corrected chi connectivity index (χ2v) is 3.71. The third kappa shape index (κ3) is 0.944. The third-order valence-electron chi connectivity index (χ3n) is 2.82. The van der Waals surface area contributed by atoms with Crippen molar-refractivity contribution in [3.05, 3.63) is 0 Å². The Labute approximate surface area is 61.3 Å². The van der Waals surface area contributed by atoms with Gasteiger partial charge in [-0.25, -0.2) is 5.01 Å². The lowest BCUT2D eigenvalue weighted by molar-refractivity contribution is 0.319. The van der Waals surface area contributed by atoms with Crippen LogP contribution in [0, 0.1) is 11.8 Å². The average Bonchev–Trinajstić information content (AvgIpc) is 2.21. The van der Waals surface area contributed by atoms with Gasteiger partial charge >= 0.3 is 0 Å². The smallest absolute Gasteiger partial charge is 0.0160 e. The number of nitrogens with zero attached hydrogens (tertiary/aromatic N) is 1.